The normalized spacial score (nSPS) is 33.1. The van der Waals surface area contributed by atoms with Gasteiger partial charge in [-0.2, -0.15) is 0 Å². The number of alkyl halides is 1. The van der Waals surface area contributed by atoms with E-state index in [-0.39, 0.29) is 48.0 Å². The highest BCUT2D eigenvalue weighted by molar-refractivity contribution is 6.05. The van der Waals surface area contributed by atoms with Crippen molar-refractivity contribution in [3.05, 3.63) is 59.2 Å². The average molecular weight is 770 g/mol. The Labute approximate surface area is 320 Å². The molecular weight excluding hydrogens is 727 g/mol. The summed E-state index contributed by atoms with van der Waals surface area (Å²) in [6.45, 7) is 7.36. The molecule has 2 bridgehead atoms. The van der Waals surface area contributed by atoms with Gasteiger partial charge in [0, 0.05) is 112 Å². The van der Waals surface area contributed by atoms with Crippen molar-refractivity contribution in [3.8, 4) is 17.0 Å². The summed E-state index contributed by atoms with van der Waals surface area (Å²) in [6, 6.07) is 9.19. The minimum Gasteiger partial charge on any atom is -0.504 e. The third kappa shape index (κ3) is 5.16. The fraction of sp³-hybridized carbons (Fsp3) is 0.525. The van der Waals surface area contributed by atoms with Crippen molar-refractivity contribution in [3.63, 3.8) is 0 Å². The summed E-state index contributed by atoms with van der Waals surface area (Å²) < 4.78 is 44.1. The van der Waals surface area contributed by atoms with E-state index in [1.54, 1.807) is 11.0 Å². The van der Waals surface area contributed by atoms with E-state index < -0.39 is 35.5 Å². The maximum absolute atomic E-state index is 15.9. The summed E-state index contributed by atoms with van der Waals surface area (Å²) in [7, 11) is 0. The van der Waals surface area contributed by atoms with Crippen molar-refractivity contribution in [2.24, 2.45) is 23.2 Å². The van der Waals surface area contributed by atoms with Gasteiger partial charge in [0.05, 0.1) is 17.4 Å². The summed E-state index contributed by atoms with van der Waals surface area (Å²) in [5.41, 5.74) is 3.50. The Kier molecular flexibility index (Phi) is 7.51. The van der Waals surface area contributed by atoms with Crippen LogP contribution in [0.1, 0.15) is 35.2 Å². The van der Waals surface area contributed by atoms with Crippen LogP contribution in [0, 0.1) is 34.8 Å². The Balaban J connectivity index is 0.693. The van der Waals surface area contributed by atoms with Gasteiger partial charge in [0.2, 0.25) is 11.8 Å². The van der Waals surface area contributed by atoms with Crippen molar-refractivity contribution in [1.82, 2.24) is 30.2 Å². The van der Waals surface area contributed by atoms with Gasteiger partial charge in [0.1, 0.15) is 18.0 Å². The number of rotatable bonds is 7. The number of phenols is 1. The molecule has 2 saturated carbocycles. The predicted octanol–water partition coefficient (Wildman–Crippen LogP) is 2.60. The molecule has 4 unspecified atom stereocenters. The molecule has 292 valence electrons. The second kappa shape index (κ2) is 12.3. The molecule has 3 N–H and O–H groups in total. The lowest BCUT2D eigenvalue weighted by molar-refractivity contribution is -0.136. The first kappa shape index (κ1) is 34.3. The Bertz CT molecular complexity index is 2210. The van der Waals surface area contributed by atoms with Crippen LogP contribution in [-0.4, -0.2) is 131 Å². The number of amides is 3. The monoisotopic (exact) mass is 769 g/mol. The molecule has 7 aliphatic heterocycles. The molecule has 2 aromatic carbocycles. The molecule has 7 fully saturated rings. The third-order valence-electron chi connectivity index (χ3n) is 14.2. The van der Waals surface area contributed by atoms with Gasteiger partial charge in [-0.25, -0.2) is 13.2 Å². The summed E-state index contributed by atoms with van der Waals surface area (Å²) in [5, 5.41) is 24.4. The number of carbonyl (C=O) groups is 3. The minimum atomic E-state index is -1.04. The second-order valence-electron chi connectivity index (χ2n) is 17.1. The predicted molar refractivity (Wildman–Crippen MR) is 198 cm³/mol. The number of phenolic OH excluding ortho intramolecular Hbond substituents is 1. The Morgan fingerprint density at radius 3 is 2.64 bits per heavy atom. The van der Waals surface area contributed by atoms with Crippen molar-refractivity contribution < 1.29 is 32.7 Å². The number of anilines is 3. The maximum atomic E-state index is 15.9. The number of halogens is 3. The number of hydrogen-bond acceptors (Lipinski definition) is 11. The first-order valence-electron chi connectivity index (χ1n) is 19.8. The number of piperazine rings is 1. The van der Waals surface area contributed by atoms with Crippen molar-refractivity contribution >= 4 is 34.9 Å². The van der Waals surface area contributed by atoms with E-state index in [0.717, 1.165) is 68.7 Å². The molecule has 1 aromatic heterocycles. The average Bonchev–Trinajstić information content (AvgIpc) is 3.78. The van der Waals surface area contributed by atoms with E-state index >= 15 is 4.39 Å². The summed E-state index contributed by atoms with van der Waals surface area (Å²) in [4.78, 5) is 48.5. The molecule has 0 spiro atoms. The standard InChI is InChI=1S/C40H42F3N9O4/c41-22-9-26(35(54)28(42)10-22)30-12-32-37(47-46-30)44-13-24-16-48(7-8-51(24)32)19-40-27-17-50(36(40)34(27)40)14-21-5-6-49(18-29(21)43)23-2-1-20-15-52(39(56)25(20)11-23)31-3-4-33(53)45-38(31)55/h1-2,9-12,21,24,27,29,31,34,36,54H,3-8,13-19H2,(H,44,47)(H,45,53,55)/t21?,24-,27+,29-,31?,34+,36?,40?/m0/s1. The van der Waals surface area contributed by atoms with E-state index in [0.29, 0.717) is 66.8 Å². The van der Waals surface area contributed by atoms with Gasteiger partial charge in [0.25, 0.3) is 5.91 Å². The van der Waals surface area contributed by atoms with Crippen molar-refractivity contribution in [2.75, 3.05) is 74.0 Å². The van der Waals surface area contributed by atoms with Crippen LogP contribution in [0.15, 0.2) is 36.4 Å². The fourth-order valence-corrected chi connectivity index (χ4v) is 11.3. The fourth-order valence-electron chi connectivity index (χ4n) is 11.3. The SMILES string of the molecule is O=C1CCC(N2Cc3ccc(N4CCC(CN5C[C@@H]6[C@@H]7C5C67CN5CCN6c7cc(-c8cc(F)cc(F)c8O)nnc7NC[C@H]6C5)[C@@H](F)C4)cc3C2=O)C(=O)N1. The number of fused-ring (bicyclic) bond motifs is 5. The maximum Gasteiger partial charge on any atom is 0.255 e. The van der Waals surface area contributed by atoms with Crippen LogP contribution >= 0.6 is 0 Å². The van der Waals surface area contributed by atoms with Crippen molar-refractivity contribution in [1.29, 1.82) is 0 Å². The number of imide groups is 1. The highest BCUT2D eigenvalue weighted by atomic mass is 19.1. The summed E-state index contributed by atoms with van der Waals surface area (Å²) in [5.74, 6) is -1.51. The number of benzene rings is 2. The van der Waals surface area contributed by atoms with Crippen LogP contribution in [-0.2, 0) is 16.1 Å². The van der Waals surface area contributed by atoms with Gasteiger partial charge in [-0.05, 0) is 54.5 Å². The zero-order valence-corrected chi connectivity index (χ0v) is 30.6. The first-order valence-corrected chi connectivity index (χ1v) is 19.8. The van der Waals surface area contributed by atoms with Crippen molar-refractivity contribution in [2.45, 2.75) is 50.1 Å². The molecule has 12 rings (SSSR count). The molecule has 56 heavy (non-hydrogen) atoms. The van der Waals surface area contributed by atoms with Gasteiger partial charge < -0.3 is 25.1 Å². The number of nitrogens with zero attached hydrogens (tertiary/aromatic N) is 7. The molecule has 3 aromatic rings. The Hall–Kier alpha value is -4.96. The van der Waals surface area contributed by atoms with Crippen LogP contribution < -0.4 is 20.4 Å². The van der Waals surface area contributed by atoms with E-state index in [1.807, 2.05) is 23.1 Å². The largest absolute Gasteiger partial charge is 0.504 e. The van der Waals surface area contributed by atoms with Gasteiger partial charge in [-0.15, -0.1) is 10.2 Å². The van der Waals surface area contributed by atoms with Crippen LogP contribution in [0.5, 0.6) is 5.75 Å². The number of hydrogen-bond donors (Lipinski definition) is 3. The number of nitrogens with one attached hydrogen (secondary N) is 2. The Morgan fingerprint density at radius 1 is 0.946 bits per heavy atom. The summed E-state index contributed by atoms with van der Waals surface area (Å²) in [6.07, 6.45) is 0.274. The molecular formula is C40H42F3N9O4. The Morgan fingerprint density at radius 2 is 1.82 bits per heavy atom. The smallest absolute Gasteiger partial charge is 0.255 e. The van der Waals surface area contributed by atoms with Gasteiger partial charge in [-0.1, -0.05) is 6.07 Å². The second-order valence-corrected chi connectivity index (χ2v) is 17.1. The third-order valence-corrected chi connectivity index (χ3v) is 14.2. The van der Waals surface area contributed by atoms with E-state index in [1.165, 1.54) is 0 Å². The van der Waals surface area contributed by atoms with E-state index in [4.69, 9.17) is 0 Å². The zero-order chi connectivity index (χ0) is 38.2. The number of carbonyl (C=O) groups excluding carboxylic acids is 3. The quantitative estimate of drug-likeness (QED) is 0.306. The van der Waals surface area contributed by atoms with Gasteiger partial charge in [-0.3, -0.25) is 29.5 Å². The number of aromatic hydroxyl groups is 1. The first-order chi connectivity index (χ1) is 27.1. The lowest BCUT2D eigenvalue weighted by Gasteiger charge is -2.46. The molecule has 8 heterocycles. The number of piperidine rings is 3. The van der Waals surface area contributed by atoms with Crippen LogP contribution in [0.25, 0.3) is 11.3 Å². The van der Waals surface area contributed by atoms with E-state index in [9.17, 15) is 28.3 Å². The molecule has 2 aliphatic carbocycles. The van der Waals surface area contributed by atoms with Crippen LogP contribution in [0.4, 0.5) is 30.4 Å². The van der Waals surface area contributed by atoms with Gasteiger partial charge >= 0.3 is 0 Å². The topological polar surface area (TPSA) is 137 Å². The molecule has 9 aliphatic rings. The highest BCUT2D eigenvalue weighted by Crippen LogP contribution is 2.85. The van der Waals surface area contributed by atoms with Crippen LogP contribution in [0.3, 0.4) is 0 Å². The molecule has 16 heteroatoms. The lowest BCUT2D eigenvalue weighted by atomic mass is 9.93. The minimum absolute atomic E-state index is 0.0332. The molecule has 13 nitrogen and oxygen atoms in total. The molecule has 0 radical (unpaired) electrons. The molecule has 5 saturated heterocycles. The van der Waals surface area contributed by atoms with E-state index in [2.05, 4.69) is 35.5 Å². The zero-order valence-electron chi connectivity index (χ0n) is 30.6. The lowest BCUT2D eigenvalue weighted by Crippen LogP contribution is -2.58. The molecule has 8 atom stereocenters. The number of aromatic nitrogens is 2. The summed E-state index contributed by atoms with van der Waals surface area (Å²) >= 11 is 0. The highest BCUT2D eigenvalue weighted by Gasteiger charge is 2.91. The van der Waals surface area contributed by atoms with Crippen LogP contribution in [0.2, 0.25) is 0 Å². The molecule has 3 amide bonds. The van der Waals surface area contributed by atoms with Gasteiger partial charge in [0.15, 0.2) is 17.4 Å².